The van der Waals surface area contributed by atoms with Gasteiger partial charge in [-0.2, -0.15) is 5.26 Å². The van der Waals surface area contributed by atoms with Gasteiger partial charge in [0, 0.05) is 12.0 Å². The number of aliphatic hydroxyl groups excluding tert-OH is 1. The fraction of sp³-hybridized carbons (Fsp3) is 0.900. The molecule has 72 valence electrons. The highest BCUT2D eigenvalue weighted by Gasteiger charge is 2.35. The topological polar surface area (TPSA) is 47.3 Å². The van der Waals surface area contributed by atoms with Gasteiger partial charge < -0.3 is 5.11 Å². The van der Waals surface area contributed by atoms with E-state index in [1.54, 1.807) is 0 Å². The molecule has 1 N–H and O–H groups in total. The standard InChI is InChI=1S/C10H16N2O/c11-7-8-3-5-12(6-4-8)9-1-2-10(9)13/h8-10,13H,1-6H2/t9-,10-/m1/s1. The van der Waals surface area contributed by atoms with Crippen LogP contribution in [0.5, 0.6) is 0 Å². The summed E-state index contributed by atoms with van der Waals surface area (Å²) in [5.41, 5.74) is 0. The Labute approximate surface area is 79.0 Å². The lowest BCUT2D eigenvalue weighted by molar-refractivity contribution is -0.0311. The van der Waals surface area contributed by atoms with Crippen molar-refractivity contribution in [1.82, 2.24) is 4.90 Å². The van der Waals surface area contributed by atoms with Crippen molar-refractivity contribution >= 4 is 0 Å². The average molecular weight is 180 g/mol. The summed E-state index contributed by atoms with van der Waals surface area (Å²) in [7, 11) is 0. The molecule has 1 saturated heterocycles. The van der Waals surface area contributed by atoms with Crippen molar-refractivity contribution in [3.63, 3.8) is 0 Å². The Kier molecular flexibility index (Phi) is 2.52. The van der Waals surface area contributed by atoms with Gasteiger partial charge in [0.05, 0.1) is 12.2 Å². The Morgan fingerprint density at radius 1 is 1.15 bits per heavy atom. The molecule has 1 aliphatic heterocycles. The van der Waals surface area contributed by atoms with Crippen LogP contribution in [-0.4, -0.2) is 35.2 Å². The fourth-order valence-corrected chi connectivity index (χ4v) is 2.25. The molecule has 3 heteroatoms. The van der Waals surface area contributed by atoms with E-state index in [4.69, 9.17) is 5.26 Å². The monoisotopic (exact) mass is 180 g/mol. The average Bonchev–Trinajstić information content (AvgIpc) is 2.17. The van der Waals surface area contributed by atoms with Crippen LogP contribution in [-0.2, 0) is 0 Å². The van der Waals surface area contributed by atoms with Gasteiger partial charge in [-0.15, -0.1) is 0 Å². The first-order valence-corrected chi connectivity index (χ1v) is 5.13. The smallest absolute Gasteiger partial charge is 0.0696 e. The molecule has 1 saturated carbocycles. The Balaban J connectivity index is 1.81. The molecule has 0 aromatic heterocycles. The zero-order valence-corrected chi connectivity index (χ0v) is 7.82. The van der Waals surface area contributed by atoms with Crippen LogP contribution in [0.15, 0.2) is 0 Å². The lowest BCUT2D eigenvalue weighted by Gasteiger charge is -2.44. The highest BCUT2D eigenvalue weighted by molar-refractivity contribution is 4.94. The predicted octanol–water partition coefficient (Wildman–Crippen LogP) is 0.745. The number of likely N-dealkylation sites (tertiary alicyclic amines) is 1. The van der Waals surface area contributed by atoms with E-state index in [2.05, 4.69) is 11.0 Å². The molecule has 0 aromatic carbocycles. The molecule has 2 fully saturated rings. The molecule has 0 radical (unpaired) electrons. The number of rotatable bonds is 1. The first-order valence-electron chi connectivity index (χ1n) is 5.13. The van der Waals surface area contributed by atoms with Crippen LogP contribution in [0, 0.1) is 17.2 Å². The van der Waals surface area contributed by atoms with Crippen molar-refractivity contribution in [2.75, 3.05) is 13.1 Å². The molecule has 0 amide bonds. The number of hydrogen-bond acceptors (Lipinski definition) is 3. The minimum absolute atomic E-state index is 0.0985. The van der Waals surface area contributed by atoms with Crippen LogP contribution in [0.25, 0.3) is 0 Å². The van der Waals surface area contributed by atoms with Crippen LogP contribution < -0.4 is 0 Å². The molecule has 2 aliphatic rings. The minimum atomic E-state index is -0.0985. The third-order valence-corrected chi connectivity index (χ3v) is 3.38. The van der Waals surface area contributed by atoms with Crippen LogP contribution in [0.3, 0.4) is 0 Å². The van der Waals surface area contributed by atoms with Gasteiger partial charge in [0.2, 0.25) is 0 Å². The minimum Gasteiger partial charge on any atom is -0.391 e. The van der Waals surface area contributed by atoms with E-state index >= 15 is 0 Å². The summed E-state index contributed by atoms with van der Waals surface area (Å²) < 4.78 is 0. The Hall–Kier alpha value is -0.590. The van der Waals surface area contributed by atoms with E-state index in [9.17, 15) is 5.11 Å². The Morgan fingerprint density at radius 3 is 2.23 bits per heavy atom. The normalized spacial score (nSPS) is 36.6. The van der Waals surface area contributed by atoms with Gasteiger partial charge in [-0.25, -0.2) is 0 Å². The van der Waals surface area contributed by atoms with E-state index in [1.807, 2.05) is 0 Å². The molecule has 1 aliphatic carbocycles. The van der Waals surface area contributed by atoms with E-state index in [0.717, 1.165) is 38.8 Å². The van der Waals surface area contributed by atoms with Gasteiger partial charge in [-0.05, 0) is 38.8 Å². The van der Waals surface area contributed by atoms with E-state index in [0.29, 0.717) is 6.04 Å². The lowest BCUT2D eigenvalue weighted by atomic mass is 9.85. The number of aliphatic hydroxyl groups is 1. The van der Waals surface area contributed by atoms with Gasteiger partial charge in [0.1, 0.15) is 0 Å². The van der Waals surface area contributed by atoms with Crippen molar-refractivity contribution in [2.45, 2.75) is 37.8 Å². The number of nitriles is 1. The zero-order chi connectivity index (χ0) is 9.26. The fourth-order valence-electron chi connectivity index (χ4n) is 2.25. The van der Waals surface area contributed by atoms with Crippen molar-refractivity contribution in [1.29, 1.82) is 5.26 Å². The van der Waals surface area contributed by atoms with Crippen molar-refractivity contribution < 1.29 is 5.11 Å². The molecule has 2 atom stereocenters. The molecular formula is C10H16N2O. The zero-order valence-electron chi connectivity index (χ0n) is 7.82. The molecule has 2 rings (SSSR count). The second kappa shape index (κ2) is 3.65. The highest BCUT2D eigenvalue weighted by Crippen LogP contribution is 2.29. The number of hydrogen-bond donors (Lipinski definition) is 1. The van der Waals surface area contributed by atoms with Gasteiger partial charge in [0.25, 0.3) is 0 Å². The van der Waals surface area contributed by atoms with Crippen molar-refractivity contribution in [3.8, 4) is 6.07 Å². The SMILES string of the molecule is N#CC1CCN([C@@H]2CC[C@H]2O)CC1. The van der Waals surface area contributed by atoms with Gasteiger partial charge in [-0.1, -0.05) is 0 Å². The quantitative estimate of drug-likeness (QED) is 0.647. The summed E-state index contributed by atoms with van der Waals surface area (Å²) in [5.74, 6) is 0.258. The first kappa shape index (κ1) is 8.98. The second-order valence-corrected chi connectivity index (χ2v) is 4.15. The molecule has 1 heterocycles. The largest absolute Gasteiger partial charge is 0.391 e. The van der Waals surface area contributed by atoms with Crippen LogP contribution >= 0.6 is 0 Å². The number of nitrogens with zero attached hydrogens (tertiary/aromatic N) is 2. The van der Waals surface area contributed by atoms with Crippen LogP contribution in [0.2, 0.25) is 0 Å². The lowest BCUT2D eigenvalue weighted by Crippen LogP contribution is -2.52. The Morgan fingerprint density at radius 2 is 1.85 bits per heavy atom. The maximum absolute atomic E-state index is 9.48. The molecular weight excluding hydrogens is 164 g/mol. The molecule has 0 bridgehead atoms. The third kappa shape index (κ3) is 1.70. The maximum atomic E-state index is 9.48. The van der Waals surface area contributed by atoms with Crippen LogP contribution in [0.4, 0.5) is 0 Å². The van der Waals surface area contributed by atoms with Crippen LogP contribution in [0.1, 0.15) is 25.7 Å². The molecule has 13 heavy (non-hydrogen) atoms. The van der Waals surface area contributed by atoms with Crippen molar-refractivity contribution in [3.05, 3.63) is 0 Å². The summed E-state index contributed by atoms with van der Waals surface area (Å²) in [6.07, 6.45) is 3.97. The molecule has 0 aromatic rings. The van der Waals surface area contributed by atoms with Crippen molar-refractivity contribution in [2.24, 2.45) is 5.92 Å². The summed E-state index contributed by atoms with van der Waals surface area (Å²) in [4.78, 5) is 2.35. The number of piperidine rings is 1. The summed E-state index contributed by atoms with van der Waals surface area (Å²) in [6, 6.07) is 2.72. The summed E-state index contributed by atoms with van der Waals surface area (Å²) >= 11 is 0. The van der Waals surface area contributed by atoms with E-state index in [-0.39, 0.29) is 12.0 Å². The predicted molar refractivity (Wildman–Crippen MR) is 48.9 cm³/mol. The second-order valence-electron chi connectivity index (χ2n) is 4.15. The maximum Gasteiger partial charge on any atom is 0.0696 e. The molecule has 0 spiro atoms. The van der Waals surface area contributed by atoms with Gasteiger partial charge in [0.15, 0.2) is 0 Å². The molecule has 3 nitrogen and oxygen atoms in total. The highest BCUT2D eigenvalue weighted by atomic mass is 16.3. The Bertz CT molecular complexity index is 215. The van der Waals surface area contributed by atoms with Gasteiger partial charge in [-0.3, -0.25) is 4.90 Å². The third-order valence-electron chi connectivity index (χ3n) is 3.38. The van der Waals surface area contributed by atoms with E-state index in [1.165, 1.54) is 0 Å². The molecule has 0 unspecified atom stereocenters. The van der Waals surface area contributed by atoms with Gasteiger partial charge >= 0.3 is 0 Å². The summed E-state index contributed by atoms with van der Waals surface area (Å²) in [5, 5.41) is 18.2. The summed E-state index contributed by atoms with van der Waals surface area (Å²) in [6.45, 7) is 2.00. The van der Waals surface area contributed by atoms with E-state index < -0.39 is 0 Å². The first-order chi connectivity index (χ1) is 6.31.